The lowest BCUT2D eigenvalue weighted by molar-refractivity contribution is -0.137. The number of benzene rings is 1. The van der Waals surface area contributed by atoms with Crippen molar-refractivity contribution >= 4 is 11.9 Å². The van der Waals surface area contributed by atoms with Gasteiger partial charge in [-0.25, -0.2) is 0 Å². The van der Waals surface area contributed by atoms with Crippen molar-refractivity contribution in [3.63, 3.8) is 0 Å². The van der Waals surface area contributed by atoms with Crippen LogP contribution in [0, 0.1) is 0 Å². The molecule has 4 heteroatoms. The monoisotopic (exact) mass is 303 g/mol. The van der Waals surface area contributed by atoms with Crippen LogP contribution in [0.2, 0.25) is 0 Å². The van der Waals surface area contributed by atoms with E-state index in [1.54, 1.807) is 0 Å². The zero-order valence-electron chi connectivity index (χ0n) is 13.4. The largest absolute Gasteiger partial charge is 0.481 e. The van der Waals surface area contributed by atoms with E-state index in [4.69, 9.17) is 5.11 Å². The SMILES string of the molecule is CC1(C)CCC(NC(=O)CCCCC(=O)O)c2ccccc21. The Morgan fingerprint density at radius 1 is 1.23 bits per heavy atom. The first-order valence-electron chi connectivity index (χ1n) is 8.01. The molecule has 1 aromatic carbocycles. The van der Waals surface area contributed by atoms with Crippen LogP contribution in [-0.4, -0.2) is 17.0 Å². The Morgan fingerprint density at radius 3 is 2.64 bits per heavy atom. The molecule has 0 radical (unpaired) electrons. The quantitative estimate of drug-likeness (QED) is 0.790. The zero-order valence-corrected chi connectivity index (χ0v) is 13.4. The van der Waals surface area contributed by atoms with Crippen molar-refractivity contribution in [3.05, 3.63) is 35.4 Å². The third-order valence-electron chi connectivity index (χ3n) is 4.50. The van der Waals surface area contributed by atoms with Gasteiger partial charge in [0, 0.05) is 12.8 Å². The predicted molar refractivity (Wildman–Crippen MR) is 85.7 cm³/mol. The summed E-state index contributed by atoms with van der Waals surface area (Å²) in [5.74, 6) is -0.784. The van der Waals surface area contributed by atoms with Gasteiger partial charge in [-0.15, -0.1) is 0 Å². The van der Waals surface area contributed by atoms with Crippen LogP contribution >= 0.6 is 0 Å². The number of unbranched alkanes of at least 4 members (excludes halogenated alkanes) is 1. The lowest BCUT2D eigenvalue weighted by Gasteiger charge is -2.37. The Labute approximate surface area is 131 Å². The highest BCUT2D eigenvalue weighted by Gasteiger charge is 2.32. The highest BCUT2D eigenvalue weighted by molar-refractivity contribution is 5.76. The maximum atomic E-state index is 12.1. The van der Waals surface area contributed by atoms with Crippen LogP contribution < -0.4 is 5.32 Å². The Kier molecular flexibility index (Phi) is 5.22. The first kappa shape index (κ1) is 16.5. The normalized spacial score (nSPS) is 19.3. The topological polar surface area (TPSA) is 66.4 Å². The minimum absolute atomic E-state index is 0.0184. The van der Waals surface area contributed by atoms with Crippen LogP contribution in [0.25, 0.3) is 0 Å². The molecular formula is C18H25NO3. The molecule has 2 N–H and O–H groups in total. The smallest absolute Gasteiger partial charge is 0.303 e. The van der Waals surface area contributed by atoms with Crippen LogP contribution in [-0.2, 0) is 15.0 Å². The molecule has 0 saturated heterocycles. The molecule has 4 nitrogen and oxygen atoms in total. The minimum atomic E-state index is -0.802. The number of amides is 1. The van der Waals surface area contributed by atoms with Gasteiger partial charge in [-0.3, -0.25) is 9.59 Å². The Balaban J connectivity index is 1.93. The second kappa shape index (κ2) is 6.95. The van der Waals surface area contributed by atoms with E-state index in [-0.39, 0.29) is 23.8 Å². The van der Waals surface area contributed by atoms with Gasteiger partial charge in [0.1, 0.15) is 0 Å². The highest BCUT2D eigenvalue weighted by atomic mass is 16.4. The van der Waals surface area contributed by atoms with E-state index < -0.39 is 5.97 Å². The standard InChI is InChI=1S/C18H25NO3/c1-18(2)12-11-15(13-7-3-4-8-14(13)18)19-16(20)9-5-6-10-17(21)22/h3-4,7-8,15H,5-6,9-12H2,1-2H3,(H,19,20)(H,21,22). The maximum Gasteiger partial charge on any atom is 0.303 e. The van der Waals surface area contributed by atoms with Crippen molar-refractivity contribution in [3.8, 4) is 0 Å². The van der Waals surface area contributed by atoms with E-state index in [1.807, 2.05) is 6.07 Å². The number of carbonyl (C=O) groups is 2. The first-order chi connectivity index (χ1) is 10.4. The van der Waals surface area contributed by atoms with Crippen LogP contribution in [0.4, 0.5) is 0 Å². The highest BCUT2D eigenvalue weighted by Crippen LogP contribution is 2.41. The van der Waals surface area contributed by atoms with Gasteiger partial charge >= 0.3 is 5.97 Å². The molecule has 1 aliphatic rings. The van der Waals surface area contributed by atoms with E-state index in [0.717, 1.165) is 12.8 Å². The molecule has 0 aromatic heterocycles. The lowest BCUT2D eigenvalue weighted by atomic mass is 9.71. The molecule has 1 aromatic rings. The number of hydrogen-bond donors (Lipinski definition) is 2. The van der Waals surface area contributed by atoms with Gasteiger partial charge in [-0.2, -0.15) is 0 Å². The molecule has 120 valence electrons. The summed E-state index contributed by atoms with van der Waals surface area (Å²) in [7, 11) is 0. The molecule has 2 rings (SSSR count). The van der Waals surface area contributed by atoms with Crippen molar-refractivity contribution in [2.24, 2.45) is 0 Å². The Bertz CT molecular complexity index is 551. The molecular weight excluding hydrogens is 278 g/mol. The molecule has 0 heterocycles. The number of aliphatic carboxylic acids is 1. The van der Waals surface area contributed by atoms with E-state index in [2.05, 4.69) is 37.4 Å². The number of carbonyl (C=O) groups excluding carboxylic acids is 1. The summed E-state index contributed by atoms with van der Waals surface area (Å²) in [6, 6.07) is 8.41. The number of rotatable bonds is 6. The van der Waals surface area contributed by atoms with E-state index >= 15 is 0 Å². The number of carboxylic acid groups (broad SMARTS) is 1. The summed E-state index contributed by atoms with van der Waals surface area (Å²) in [6.07, 6.45) is 3.71. The lowest BCUT2D eigenvalue weighted by Crippen LogP contribution is -2.35. The van der Waals surface area contributed by atoms with E-state index in [9.17, 15) is 9.59 Å². The van der Waals surface area contributed by atoms with Gasteiger partial charge in [0.2, 0.25) is 5.91 Å². The number of fused-ring (bicyclic) bond motifs is 1. The molecule has 1 aliphatic carbocycles. The average molecular weight is 303 g/mol. The molecule has 0 fully saturated rings. The summed E-state index contributed by atoms with van der Waals surface area (Å²) >= 11 is 0. The van der Waals surface area contributed by atoms with Crippen LogP contribution in [0.15, 0.2) is 24.3 Å². The molecule has 0 bridgehead atoms. The van der Waals surface area contributed by atoms with Gasteiger partial charge in [0.15, 0.2) is 0 Å². The fourth-order valence-corrected chi connectivity index (χ4v) is 3.19. The van der Waals surface area contributed by atoms with Crippen LogP contribution in [0.5, 0.6) is 0 Å². The van der Waals surface area contributed by atoms with Gasteiger partial charge in [-0.05, 0) is 42.2 Å². The molecule has 1 unspecified atom stereocenters. The maximum absolute atomic E-state index is 12.1. The van der Waals surface area contributed by atoms with Gasteiger partial charge in [0.05, 0.1) is 6.04 Å². The molecule has 1 atom stereocenters. The summed E-state index contributed by atoms with van der Waals surface area (Å²) < 4.78 is 0. The summed E-state index contributed by atoms with van der Waals surface area (Å²) in [4.78, 5) is 22.5. The minimum Gasteiger partial charge on any atom is -0.481 e. The van der Waals surface area contributed by atoms with Gasteiger partial charge < -0.3 is 10.4 Å². The van der Waals surface area contributed by atoms with Crippen molar-refractivity contribution in [2.75, 3.05) is 0 Å². The molecule has 0 saturated carbocycles. The van der Waals surface area contributed by atoms with Crippen LogP contribution in [0.1, 0.15) is 69.5 Å². The number of hydrogen-bond acceptors (Lipinski definition) is 2. The molecule has 22 heavy (non-hydrogen) atoms. The first-order valence-corrected chi connectivity index (χ1v) is 8.01. The Morgan fingerprint density at radius 2 is 1.91 bits per heavy atom. The molecule has 1 amide bonds. The fourth-order valence-electron chi connectivity index (χ4n) is 3.19. The Hall–Kier alpha value is -1.84. The van der Waals surface area contributed by atoms with Gasteiger partial charge in [0.25, 0.3) is 0 Å². The second-order valence-electron chi connectivity index (χ2n) is 6.73. The average Bonchev–Trinajstić information content (AvgIpc) is 2.47. The van der Waals surface area contributed by atoms with E-state index in [1.165, 1.54) is 11.1 Å². The molecule has 0 aliphatic heterocycles. The number of nitrogens with one attached hydrogen (secondary N) is 1. The van der Waals surface area contributed by atoms with Crippen LogP contribution in [0.3, 0.4) is 0 Å². The van der Waals surface area contributed by atoms with Crippen molar-refractivity contribution in [2.45, 2.75) is 63.8 Å². The van der Waals surface area contributed by atoms with Crippen molar-refractivity contribution < 1.29 is 14.7 Å². The summed E-state index contributed by atoms with van der Waals surface area (Å²) in [5.41, 5.74) is 2.69. The third-order valence-corrected chi connectivity index (χ3v) is 4.50. The summed E-state index contributed by atoms with van der Waals surface area (Å²) in [6.45, 7) is 4.49. The number of carboxylic acids is 1. The van der Waals surface area contributed by atoms with Gasteiger partial charge in [-0.1, -0.05) is 38.1 Å². The predicted octanol–water partition coefficient (Wildman–Crippen LogP) is 3.56. The summed E-state index contributed by atoms with van der Waals surface area (Å²) in [5, 5.41) is 11.7. The van der Waals surface area contributed by atoms with E-state index in [0.29, 0.717) is 19.3 Å². The zero-order chi connectivity index (χ0) is 16.2. The van der Waals surface area contributed by atoms with Crippen molar-refractivity contribution in [1.29, 1.82) is 0 Å². The van der Waals surface area contributed by atoms with Crippen molar-refractivity contribution in [1.82, 2.24) is 5.32 Å². The molecule has 0 spiro atoms. The fraction of sp³-hybridized carbons (Fsp3) is 0.556. The second-order valence-corrected chi connectivity index (χ2v) is 6.73. The third kappa shape index (κ3) is 4.09.